The Kier molecular flexibility index (Phi) is 3.93. The third kappa shape index (κ3) is 3.39. The van der Waals surface area contributed by atoms with Gasteiger partial charge in [0.1, 0.15) is 4.99 Å². The first-order chi connectivity index (χ1) is 8.15. The molecule has 88 valence electrons. The molecule has 0 unspecified atom stereocenters. The van der Waals surface area contributed by atoms with E-state index in [0.29, 0.717) is 10.7 Å². The molecule has 0 spiro atoms. The summed E-state index contributed by atoms with van der Waals surface area (Å²) in [5.74, 6) is 0. The van der Waals surface area contributed by atoms with Gasteiger partial charge in [-0.15, -0.1) is 11.3 Å². The minimum Gasteiger partial charge on any atom is -0.388 e. The summed E-state index contributed by atoms with van der Waals surface area (Å²) >= 11 is 12.3. The van der Waals surface area contributed by atoms with Gasteiger partial charge in [0.15, 0.2) is 0 Å². The lowest BCUT2D eigenvalue weighted by atomic mass is 10.3. The van der Waals surface area contributed by atoms with Gasteiger partial charge in [0.05, 0.1) is 10.0 Å². The zero-order valence-electron chi connectivity index (χ0n) is 8.81. The smallest absolute Gasteiger partial charge is 0.122 e. The van der Waals surface area contributed by atoms with Crippen LogP contribution in [-0.4, -0.2) is 9.97 Å². The van der Waals surface area contributed by atoms with Crippen LogP contribution in [-0.2, 0) is 6.54 Å². The molecule has 0 saturated carbocycles. The quantitative estimate of drug-likeness (QED) is 0.847. The minimum atomic E-state index is 0.299. The first kappa shape index (κ1) is 12.3. The van der Waals surface area contributed by atoms with Crippen molar-refractivity contribution in [1.82, 2.24) is 4.98 Å². The highest BCUT2D eigenvalue weighted by Crippen LogP contribution is 2.22. The molecule has 0 saturated heterocycles. The van der Waals surface area contributed by atoms with Crippen molar-refractivity contribution in [3.05, 3.63) is 45.4 Å². The highest BCUT2D eigenvalue weighted by atomic mass is 35.5. The van der Waals surface area contributed by atoms with Crippen molar-refractivity contribution in [3.8, 4) is 0 Å². The lowest BCUT2D eigenvalue weighted by Gasteiger charge is -2.05. The van der Waals surface area contributed by atoms with Crippen LogP contribution in [0.2, 0.25) is 4.34 Å². The largest absolute Gasteiger partial charge is 0.388 e. The topological polar surface area (TPSA) is 50.9 Å². The Morgan fingerprint density at radius 1 is 1.47 bits per heavy atom. The fourth-order valence-electron chi connectivity index (χ4n) is 1.31. The number of rotatable bonds is 4. The van der Waals surface area contributed by atoms with Gasteiger partial charge >= 0.3 is 0 Å². The van der Waals surface area contributed by atoms with Crippen molar-refractivity contribution in [1.29, 1.82) is 0 Å². The second kappa shape index (κ2) is 5.44. The molecule has 2 heterocycles. The summed E-state index contributed by atoms with van der Waals surface area (Å²) in [6.07, 6.45) is 1.68. The zero-order valence-corrected chi connectivity index (χ0v) is 11.2. The second-order valence-electron chi connectivity index (χ2n) is 3.35. The van der Waals surface area contributed by atoms with Gasteiger partial charge in [-0.3, -0.25) is 4.98 Å². The van der Waals surface area contributed by atoms with E-state index in [1.807, 2.05) is 24.3 Å². The third-order valence-electron chi connectivity index (χ3n) is 2.11. The average Bonchev–Trinajstić information content (AvgIpc) is 2.73. The number of pyridine rings is 1. The molecule has 3 N–H and O–H groups in total. The van der Waals surface area contributed by atoms with Gasteiger partial charge in [0, 0.05) is 23.3 Å². The number of halogens is 1. The maximum Gasteiger partial charge on any atom is 0.122 e. The van der Waals surface area contributed by atoms with E-state index < -0.39 is 0 Å². The van der Waals surface area contributed by atoms with Crippen molar-refractivity contribution in [3.63, 3.8) is 0 Å². The van der Waals surface area contributed by atoms with Crippen LogP contribution >= 0.6 is 35.2 Å². The van der Waals surface area contributed by atoms with Crippen molar-refractivity contribution >= 4 is 45.8 Å². The third-order valence-corrected chi connectivity index (χ3v) is 3.55. The van der Waals surface area contributed by atoms with Crippen LogP contribution in [0.15, 0.2) is 30.5 Å². The summed E-state index contributed by atoms with van der Waals surface area (Å²) in [4.78, 5) is 5.54. The van der Waals surface area contributed by atoms with Gasteiger partial charge in [-0.2, -0.15) is 0 Å². The maximum absolute atomic E-state index is 5.86. The molecule has 0 atom stereocenters. The Bertz CT molecular complexity index is 539. The molecule has 2 rings (SSSR count). The molecule has 0 radical (unpaired) electrons. The Labute approximate surface area is 114 Å². The first-order valence-corrected chi connectivity index (χ1v) is 6.49. The van der Waals surface area contributed by atoms with Crippen LogP contribution in [0.3, 0.4) is 0 Å². The van der Waals surface area contributed by atoms with E-state index in [1.165, 1.54) is 4.88 Å². The van der Waals surface area contributed by atoms with Crippen LogP contribution in [0, 0.1) is 0 Å². The number of nitrogens with one attached hydrogen (secondary N) is 1. The van der Waals surface area contributed by atoms with Crippen molar-refractivity contribution in [2.75, 3.05) is 5.32 Å². The molecule has 0 aliphatic rings. The fraction of sp³-hybridized carbons (Fsp3) is 0.0909. The summed E-state index contributed by atoms with van der Waals surface area (Å²) < 4.78 is 0.792. The van der Waals surface area contributed by atoms with Crippen LogP contribution in [0.4, 0.5) is 5.69 Å². The van der Waals surface area contributed by atoms with E-state index in [0.717, 1.165) is 16.6 Å². The normalized spacial score (nSPS) is 10.2. The van der Waals surface area contributed by atoms with Gasteiger partial charge in [0.25, 0.3) is 0 Å². The van der Waals surface area contributed by atoms with Crippen LogP contribution < -0.4 is 11.1 Å². The van der Waals surface area contributed by atoms with Gasteiger partial charge in [-0.05, 0) is 24.3 Å². The van der Waals surface area contributed by atoms with Crippen molar-refractivity contribution < 1.29 is 0 Å². The molecule has 0 fully saturated rings. The van der Waals surface area contributed by atoms with E-state index in [2.05, 4.69) is 10.3 Å². The molecule has 0 amide bonds. The lowest BCUT2D eigenvalue weighted by molar-refractivity contribution is 1.18. The average molecular weight is 284 g/mol. The lowest BCUT2D eigenvalue weighted by Crippen LogP contribution is -2.11. The predicted molar refractivity (Wildman–Crippen MR) is 76.8 cm³/mol. The van der Waals surface area contributed by atoms with Gasteiger partial charge in [-0.1, -0.05) is 23.8 Å². The van der Waals surface area contributed by atoms with Crippen molar-refractivity contribution in [2.45, 2.75) is 6.54 Å². The predicted octanol–water partition coefficient (Wildman–Crippen LogP) is 3.04. The van der Waals surface area contributed by atoms with Crippen molar-refractivity contribution in [2.24, 2.45) is 5.73 Å². The van der Waals surface area contributed by atoms with Gasteiger partial charge < -0.3 is 11.1 Å². The molecule has 0 aromatic carbocycles. The zero-order chi connectivity index (χ0) is 12.3. The molecule has 17 heavy (non-hydrogen) atoms. The maximum atomic E-state index is 5.86. The standard InChI is InChI=1S/C11H10ClN3S2/c12-10-2-1-8(17-10)6-15-7-3-4-14-9(5-7)11(13)16/h1-5H,6H2,(H2,13,16)(H,14,15). The molecule has 0 bridgehead atoms. The number of hydrogen-bond donors (Lipinski definition) is 2. The Balaban J connectivity index is 2.04. The SMILES string of the molecule is NC(=S)c1cc(NCc2ccc(Cl)s2)ccn1. The number of hydrogen-bond acceptors (Lipinski definition) is 4. The molecule has 2 aromatic heterocycles. The number of nitrogens with zero attached hydrogens (tertiary/aromatic N) is 1. The number of anilines is 1. The summed E-state index contributed by atoms with van der Waals surface area (Å²) in [6, 6.07) is 7.58. The minimum absolute atomic E-state index is 0.299. The Morgan fingerprint density at radius 3 is 2.94 bits per heavy atom. The number of aromatic nitrogens is 1. The monoisotopic (exact) mass is 283 g/mol. The van der Waals surface area contributed by atoms with E-state index in [4.69, 9.17) is 29.6 Å². The Hall–Kier alpha value is -1.17. The van der Waals surface area contributed by atoms with Gasteiger partial charge in [-0.25, -0.2) is 0 Å². The molecule has 3 nitrogen and oxygen atoms in total. The van der Waals surface area contributed by atoms with Gasteiger partial charge in [0.2, 0.25) is 0 Å². The Morgan fingerprint density at radius 2 is 2.29 bits per heavy atom. The van der Waals surface area contributed by atoms with E-state index in [-0.39, 0.29) is 0 Å². The molecule has 0 aliphatic carbocycles. The van der Waals surface area contributed by atoms with Crippen LogP contribution in [0.25, 0.3) is 0 Å². The molecule has 2 aromatic rings. The summed E-state index contributed by atoms with van der Waals surface area (Å²) in [5.41, 5.74) is 7.08. The molecular weight excluding hydrogens is 274 g/mol. The highest BCUT2D eigenvalue weighted by molar-refractivity contribution is 7.80. The molecule has 0 aliphatic heterocycles. The van der Waals surface area contributed by atoms with E-state index in [1.54, 1.807) is 17.5 Å². The van der Waals surface area contributed by atoms with E-state index in [9.17, 15) is 0 Å². The van der Waals surface area contributed by atoms with Crippen LogP contribution in [0.1, 0.15) is 10.6 Å². The summed E-state index contributed by atoms with van der Waals surface area (Å²) in [7, 11) is 0. The number of thiophene rings is 1. The summed E-state index contributed by atoms with van der Waals surface area (Å²) in [6.45, 7) is 0.720. The number of nitrogens with two attached hydrogens (primary N) is 1. The van der Waals surface area contributed by atoms with Crippen LogP contribution in [0.5, 0.6) is 0 Å². The fourth-order valence-corrected chi connectivity index (χ4v) is 2.45. The number of thiocarbonyl (C=S) groups is 1. The summed E-state index contributed by atoms with van der Waals surface area (Å²) in [5, 5.41) is 3.27. The first-order valence-electron chi connectivity index (χ1n) is 4.89. The second-order valence-corrected chi connectivity index (χ2v) is 5.59. The molecule has 6 heteroatoms. The molecular formula is C11H10ClN3S2. The highest BCUT2D eigenvalue weighted by Gasteiger charge is 2.01. The van der Waals surface area contributed by atoms with E-state index >= 15 is 0 Å².